The molecule has 4 amide bonds. The van der Waals surface area contributed by atoms with E-state index in [-0.39, 0.29) is 64.3 Å². The third-order valence-corrected chi connectivity index (χ3v) is 42.8. The van der Waals surface area contributed by atoms with Gasteiger partial charge in [0.25, 0.3) is 0 Å². The van der Waals surface area contributed by atoms with Gasteiger partial charge in [-0.1, -0.05) is 241 Å². The summed E-state index contributed by atoms with van der Waals surface area (Å²) in [4.78, 5) is 58.8. The van der Waals surface area contributed by atoms with Crippen molar-refractivity contribution in [2.24, 2.45) is 5.73 Å². The number of benzene rings is 5. The van der Waals surface area contributed by atoms with Crippen molar-refractivity contribution in [3.8, 4) is 0 Å². The highest BCUT2D eigenvalue weighted by atomic mass is 28.4. The van der Waals surface area contributed by atoms with Gasteiger partial charge in [-0.25, -0.2) is 19.2 Å². The molecule has 1 aliphatic carbocycles. The Balaban J connectivity index is 1.11. The molecule has 1 saturated carbocycles. The third kappa shape index (κ3) is 25.0. The van der Waals surface area contributed by atoms with Crippen molar-refractivity contribution in [2.75, 3.05) is 26.4 Å². The third-order valence-electron chi connectivity index (χ3n) is 24.9. The minimum Gasteiger partial charge on any atom is -0.445 e. The second-order valence-corrected chi connectivity index (χ2v) is 57.0. The number of amides is 4. The maximum atomic E-state index is 15.1. The van der Waals surface area contributed by atoms with Gasteiger partial charge in [-0.05, 0) is 101 Å². The predicted molar refractivity (Wildman–Crippen MR) is 464 cm³/mol. The summed E-state index contributed by atoms with van der Waals surface area (Å²) in [6.45, 7) is 45.3. The number of ether oxygens (including phenoxy) is 13. The first-order chi connectivity index (χ1) is 56.4. The molecule has 10 rings (SSSR count). The van der Waals surface area contributed by atoms with Crippen LogP contribution in [0.1, 0.15) is 124 Å². The average molecular weight is 1740 g/mol. The molecule has 4 heterocycles. The number of aliphatic hydroxyl groups excluding tert-OH is 1. The molecule has 5 aromatic rings. The molecule has 31 heteroatoms. The normalized spacial score (nSPS) is 28.4. The van der Waals surface area contributed by atoms with Gasteiger partial charge < -0.3 is 111 Å². The average Bonchev–Trinajstić information content (AvgIpc) is 1.75. The van der Waals surface area contributed by atoms with Gasteiger partial charge in [0, 0.05) is 18.2 Å². The molecule has 7 N–H and O–H groups in total. The Bertz CT molecular complexity index is 4070. The molecular formula is C89H133N5O22Si4. The van der Waals surface area contributed by atoms with Crippen LogP contribution in [0.4, 0.5) is 19.2 Å². The molecule has 5 aromatic carbocycles. The lowest BCUT2D eigenvalue weighted by Gasteiger charge is -2.53. The molecule has 4 aliphatic heterocycles. The minimum atomic E-state index is -3.01. The quantitative estimate of drug-likeness (QED) is 0.0132. The number of alkyl carbamates (subject to hydrolysis) is 4. The number of fused-ring (bicyclic) bond motifs is 1. The van der Waals surface area contributed by atoms with Crippen LogP contribution in [0.5, 0.6) is 0 Å². The second kappa shape index (κ2) is 40.9. The van der Waals surface area contributed by atoms with Crippen molar-refractivity contribution in [3.63, 3.8) is 0 Å². The molecule has 0 aromatic heterocycles. The molecule has 5 aliphatic rings. The number of carbonyl (C=O) groups is 4. The Labute approximate surface area is 713 Å². The SMILES string of the molecule is C=CCO[C@H]1[C@H](O[C@@H]2[C@@H](O)[C@H](N)C[C@H](NC(=O)OCc3ccccc3)[C@H]2O[C@H]2O[C@@H]3COC(c4ccccc4)O[C@H]3[C@H](O[Si](C)(C)C(C)(C)C)[C@H]2NC(=O)OCc2ccccc2)O[C@H](CO[Si](C)(C)C(C)(C)C)[C@H]1O[C@H]1O[C@@H](CNC(=O)OCc2ccccc2)[C@@H](O[Si](C)(C)C(C)(C)C)[C@H](O[Si](C)(C)C(C)(C)C)[C@H]1NC(=O)OCc1ccccc1. The van der Waals surface area contributed by atoms with Crippen molar-refractivity contribution in [1.82, 2.24) is 21.3 Å². The van der Waals surface area contributed by atoms with Gasteiger partial charge in [0.05, 0.1) is 44.2 Å². The summed E-state index contributed by atoms with van der Waals surface area (Å²) in [7, 11) is -11.6. The van der Waals surface area contributed by atoms with E-state index in [0.717, 1.165) is 22.3 Å². The van der Waals surface area contributed by atoms with Crippen LogP contribution in [0.3, 0.4) is 0 Å². The number of hydrogen-bond acceptors (Lipinski definition) is 23. The number of aliphatic hydroxyl groups is 1. The van der Waals surface area contributed by atoms with E-state index < -0.39 is 195 Å². The lowest BCUT2D eigenvalue weighted by atomic mass is 9.83. The topological polar surface area (TPSA) is 320 Å². The Hall–Kier alpha value is -6.81. The van der Waals surface area contributed by atoms with Gasteiger partial charge in [-0.3, -0.25) is 0 Å². The highest BCUT2D eigenvalue weighted by Gasteiger charge is 2.62. The van der Waals surface area contributed by atoms with Crippen LogP contribution in [0.2, 0.25) is 72.5 Å². The smallest absolute Gasteiger partial charge is 0.407 e. The molecule has 4 saturated heterocycles. The minimum absolute atomic E-state index is 0.0286. The Morgan fingerprint density at radius 3 is 1.33 bits per heavy atom. The summed E-state index contributed by atoms with van der Waals surface area (Å²) >= 11 is 0. The number of hydrogen-bond donors (Lipinski definition) is 6. The van der Waals surface area contributed by atoms with Gasteiger partial charge in [0.1, 0.15) is 93.4 Å². The van der Waals surface area contributed by atoms with Crippen molar-refractivity contribution < 1.29 is 104 Å². The lowest BCUT2D eigenvalue weighted by molar-refractivity contribution is -0.357. The van der Waals surface area contributed by atoms with Crippen LogP contribution in [-0.4, -0.2) is 205 Å². The van der Waals surface area contributed by atoms with Crippen molar-refractivity contribution in [2.45, 2.75) is 311 Å². The van der Waals surface area contributed by atoms with Gasteiger partial charge in [-0.15, -0.1) is 6.58 Å². The lowest BCUT2D eigenvalue weighted by Crippen LogP contribution is -2.72. The monoisotopic (exact) mass is 1740 g/mol. The molecule has 120 heavy (non-hydrogen) atoms. The number of nitrogens with two attached hydrogens (primary N) is 1. The molecule has 0 bridgehead atoms. The molecule has 1 unspecified atom stereocenters. The van der Waals surface area contributed by atoms with E-state index in [9.17, 15) is 19.5 Å². The Morgan fingerprint density at radius 1 is 0.467 bits per heavy atom. The zero-order chi connectivity index (χ0) is 87.3. The van der Waals surface area contributed by atoms with Crippen molar-refractivity contribution in [3.05, 3.63) is 192 Å². The summed E-state index contributed by atoms with van der Waals surface area (Å²) in [6, 6.07) is 41.5. The summed E-state index contributed by atoms with van der Waals surface area (Å²) in [5.41, 5.74) is 10.8. The fourth-order valence-electron chi connectivity index (χ4n) is 13.7. The number of nitrogens with one attached hydrogen (secondary N) is 4. The van der Waals surface area contributed by atoms with E-state index in [0.29, 0.717) is 5.56 Å². The summed E-state index contributed by atoms with van der Waals surface area (Å²) in [6.07, 6.45) is -22.2. The van der Waals surface area contributed by atoms with Crippen LogP contribution >= 0.6 is 0 Å². The first kappa shape index (κ1) is 95.4. The van der Waals surface area contributed by atoms with E-state index in [1.807, 2.05) is 152 Å². The predicted octanol–water partition coefficient (Wildman–Crippen LogP) is 15.1. The van der Waals surface area contributed by atoms with Gasteiger partial charge in [0.2, 0.25) is 0 Å². The zero-order valence-corrected chi connectivity index (χ0v) is 77.7. The maximum Gasteiger partial charge on any atom is 0.407 e. The van der Waals surface area contributed by atoms with Gasteiger partial charge in [-0.2, -0.15) is 0 Å². The highest BCUT2D eigenvalue weighted by molar-refractivity contribution is 6.75. The molecule has 27 nitrogen and oxygen atoms in total. The summed E-state index contributed by atoms with van der Waals surface area (Å²) in [5, 5.41) is 23.9. The van der Waals surface area contributed by atoms with Crippen LogP contribution in [0.25, 0.3) is 0 Å². The van der Waals surface area contributed by atoms with E-state index in [2.05, 4.69) is 163 Å². The summed E-state index contributed by atoms with van der Waals surface area (Å²) < 4.78 is 119. The second-order valence-electron chi connectivity index (χ2n) is 37.9. The number of rotatable bonds is 32. The molecule has 20 atom stereocenters. The van der Waals surface area contributed by atoms with Crippen LogP contribution in [-0.2, 0) is 106 Å². The highest BCUT2D eigenvalue weighted by Crippen LogP contribution is 2.48. The number of carbonyl (C=O) groups excluding carboxylic acids is 4. The van der Waals surface area contributed by atoms with Crippen molar-refractivity contribution in [1.29, 1.82) is 0 Å². The van der Waals surface area contributed by atoms with Gasteiger partial charge in [0.15, 0.2) is 58.4 Å². The molecular weight excluding hydrogens is 1600 g/mol. The molecule has 5 fully saturated rings. The fraction of sp³-hybridized carbons (Fsp3) is 0.596. The molecule has 0 spiro atoms. The van der Waals surface area contributed by atoms with Crippen LogP contribution in [0, 0.1) is 0 Å². The van der Waals surface area contributed by atoms with E-state index in [1.54, 1.807) is 6.08 Å². The summed E-state index contributed by atoms with van der Waals surface area (Å²) in [5.74, 6) is 0. The first-order valence-electron chi connectivity index (χ1n) is 41.9. The first-order valence-corrected chi connectivity index (χ1v) is 53.5. The van der Waals surface area contributed by atoms with E-state index in [1.165, 1.54) is 0 Å². The zero-order valence-electron chi connectivity index (χ0n) is 73.7. The van der Waals surface area contributed by atoms with Gasteiger partial charge >= 0.3 is 24.4 Å². The van der Waals surface area contributed by atoms with Crippen molar-refractivity contribution >= 4 is 57.6 Å². The molecule has 0 radical (unpaired) electrons. The Kier molecular flexibility index (Phi) is 32.5. The maximum absolute atomic E-state index is 15.1. The largest absolute Gasteiger partial charge is 0.445 e. The van der Waals surface area contributed by atoms with Crippen LogP contribution in [0.15, 0.2) is 164 Å². The van der Waals surface area contributed by atoms with E-state index >= 15 is 4.79 Å². The fourth-order valence-corrected chi connectivity index (χ4v) is 18.7. The Morgan fingerprint density at radius 2 is 0.867 bits per heavy atom. The van der Waals surface area contributed by atoms with E-state index in [4.69, 9.17) is 85.0 Å². The molecule has 662 valence electrons. The van der Waals surface area contributed by atoms with Crippen LogP contribution < -0.4 is 27.0 Å². The standard InChI is InChI=1S/C89H133N5O22Si4/c1-22-48-100-77-72(112-79-68(94-85(99)105-54-60-44-34-26-35-45-60)75(116-120(20,21)89(11,12)13)73(114-118(16,17)87(5,6)7)64(107-79)50-91-82(96)102-51-57-38-28-23-29-39-57)66(56-106-117(14,15)86(2,3)4)109-81(77)113-76-69(95)62(90)49-63(92-83(97)103-52-58-40-30-24-31-41-58)70(76)110-80-67(93-84(98)104-53-59-42-32-25-33-43-59)74(115-119(18,19)88(8,9)10)71-65(108-80)55-101-78(111-71)61-46-36-27-37-47-61/h22-47,62-81,95H,1,48-56,90H2,2-21H3,(H,91,96)(H,92,97)(H,93,98)(H,94,99)/t62-,63+,64+,65-,66-,67-,68-,69+,70-,71-,72-,73-,74-,75-,76-,77-,78?,79-,80-,81+/m1/s1.